The summed E-state index contributed by atoms with van der Waals surface area (Å²) in [7, 11) is 0. The molecule has 0 heterocycles. The van der Waals surface area contributed by atoms with Crippen molar-refractivity contribution in [2.75, 3.05) is 13.3 Å². The minimum atomic E-state index is -0.819. The van der Waals surface area contributed by atoms with Crippen molar-refractivity contribution in [3.05, 3.63) is 0 Å². The molecule has 0 aliphatic carbocycles. The smallest absolute Gasteiger partial charge is 0.156 e. The molecule has 0 saturated carbocycles. The lowest BCUT2D eigenvalue weighted by Crippen LogP contribution is -2.19. The molecule has 1 unspecified atom stereocenters. The molecule has 0 bridgehead atoms. The standard InChI is InChI=1S/C6H13FO2/c1-5(2)6(8)9-4-3-7/h5-6,8H,3-4H2,1-2H3. The molecule has 0 fully saturated rings. The van der Waals surface area contributed by atoms with Crippen molar-refractivity contribution >= 4 is 0 Å². The zero-order valence-electron chi connectivity index (χ0n) is 5.80. The second kappa shape index (κ2) is 4.70. The highest BCUT2D eigenvalue weighted by atomic mass is 19.1. The van der Waals surface area contributed by atoms with Crippen LogP contribution in [0.1, 0.15) is 13.8 Å². The monoisotopic (exact) mass is 136 g/mol. The molecular formula is C6H13FO2. The lowest BCUT2D eigenvalue weighted by atomic mass is 10.2. The molecule has 2 nitrogen and oxygen atoms in total. The molecule has 0 amide bonds. The maximum Gasteiger partial charge on any atom is 0.156 e. The summed E-state index contributed by atoms with van der Waals surface area (Å²) in [6.45, 7) is 3.06. The van der Waals surface area contributed by atoms with Crippen LogP contribution < -0.4 is 0 Å². The first-order valence-electron chi connectivity index (χ1n) is 3.04. The van der Waals surface area contributed by atoms with Crippen LogP contribution in [-0.2, 0) is 4.74 Å². The van der Waals surface area contributed by atoms with Crippen LogP contribution in [-0.4, -0.2) is 24.7 Å². The number of alkyl halides is 1. The fraction of sp³-hybridized carbons (Fsp3) is 1.00. The average molecular weight is 136 g/mol. The van der Waals surface area contributed by atoms with E-state index in [-0.39, 0.29) is 12.5 Å². The van der Waals surface area contributed by atoms with E-state index in [0.717, 1.165) is 0 Å². The van der Waals surface area contributed by atoms with E-state index < -0.39 is 13.0 Å². The van der Waals surface area contributed by atoms with Gasteiger partial charge in [0.15, 0.2) is 6.29 Å². The van der Waals surface area contributed by atoms with E-state index in [4.69, 9.17) is 5.11 Å². The predicted octanol–water partition coefficient (Wildman–Crippen LogP) is 0.947. The van der Waals surface area contributed by atoms with Gasteiger partial charge in [0.2, 0.25) is 0 Å². The molecule has 3 heteroatoms. The van der Waals surface area contributed by atoms with Gasteiger partial charge in [-0.15, -0.1) is 0 Å². The van der Waals surface area contributed by atoms with Crippen molar-refractivity contribution in [2.45, 2.75) is 20.1 Å². The first-order valence-corrected chi connectivity index (χ1v) is 3.04. The normalized spacial score (nSPS) is 14.3. The van der Waals surface area contributed by atoms with Crippen LogP contribution in [0.4, 0.5) is 4.39 Å². The predicted molar refractivity (Wildman–Crippen MR) is 32.8 cm³/mol. The molecule has 0 aromatic heterocycles. The Bertz CT molecular complexity index is 66.1. The van der Waals surface area contributed by atoms with Crippen molar-refractivity contribution in [1.82, 2.24) is 0 Å². The Hall–Kier alpha value is -0.150. The van der Waals surface area contributed by atoms with Crippen LogP contribution in [0.15, 0.2) is 0 Å². The molecule has 1 N–H and O–H groups in total. The van der Waals surface area contributed by atoms with Gasteiger partial charge in [0, 0.05) is 5.92 Å². The quantitative estimate of drug-likeness (QED) is 0.583. The molecule has 0 aliphatic heterocycles. The van der Waals surface area contributed by atoms with E-state index in [2.05, 4.69) is 4.74 Å². The fourth-order valence-corrected chi connectivity index (χ4v) is 0.358. The Kier molecular flexibility index (Phi) is 4.62. The second-order valence-corrected chi connectivity index (χ2v) is 2.19. The minimum absolute atomic E-state index is 0.0145. The summed E-state index contributed by atoms with van der Waals surface area (Å²) >= 11 is 0. The van der Waals surface area contributed by atoms with Gasteiger partial charge in [-0.2, -0.15) is 0 Å². The van der Waals surface area contributed by atoms with Gasteiger partial charge in [-0.25, -0.2) is 4.39 Å². The molecule has 1 atom stereocenters. The molecule has 0 aromatic rings. The minimum Gasteiger partial charge on any atom is -0.368 e. The van der Waals surface area contributed by atoms with Crippen molar-refractivity contribution < 1.29 is 14.2 Å². The van der Waals surface area contributed by atoms with Gasteiger partial charge in [0.05, 0.1) is 6.61 Å². The van der Waals surface area contributed by atoms with Crippen LogP contribution in [0.5, 0.6) is 0 Å². The number of aliphatic hydroxyl groups is 1. The highest BCUT2D eigenvalue weighted by molar-refractivity contribution is 4.45. The summed E-state index contributed by atoms with van der Waals surface area (Å²) in [6.07, 6.45) is -0.819. The van der Waals surface area contributed by atoms with E-state index in [1.54, 1.807) is 0 Å². The highest BCUT2D eigenvalue weighted by Crippen LogP contribution is 2.01. The molecule has 0 aromatic carbocycles. The zero-order chi connectivity index (χ0) is 7.28. The van der Waals surface area contributed by atoms with Crippen LogP contribution in [0.2, 0.25) is 0 Å². The summed E-state index contributed by atoms with van der Waals surface area (Å²) < 4.78 is 16.0. The number of halogens is 1. The third-order valence-electron chi connectivity index (χ3n) is 0.936. The van der Waals surface area contributed by atoms with Gasteiger partial charge in [0.25, 0.3) is 0 Å². The number of hydrogen-bond donors (Lipinski definition) is 1. The summed E-state index contributed by atoms with van der Waals surface area (Å²) in [4.78, 5) is 0. The van der Waals surface area contributed by atoms with Gasteiger partial charge in [-0.05, 0) is 0 Å². The van der Waals surface area contributed by atoms with Gasteiger partial charge < -0.3 is 9.84 Å². The van der Waals surface area contributed by atoms with E-state index >= 15 is 0 Å². The van der Waals surface area contributed by atoms with Gasteiger partial charge >= 0.3 is 0 Å². The first-order chi connectivity index (χ1) is 4.18. The van der Waals surface area contributed by atoms with E-state index in [1.807, 2.05) is 13.8 Å². The molecule has 56 valence electrons. The summed E-state index contributed by atoms with van der Waals surface area (Å²) in [5.41, 5.74) is 0. The van der Waals surface area contributed by atoms with E-state index in [0.29, 0.717) is 0 Å². The molecule has 0 rings (SSSR count). The van der Waals surface area contributed by atoms with E-state index in [9.17, 15) is 4.39 Å². The van der Waals surface area contributed by atoms with E-state index in [1.165, 1.54) is 0 Å². The van der Waals surface area contributed by atoms with Crippen molar-refractivity contribution in [2.24, 2.45) is 5.92 Å². The number of aliphatic hydroxyl groups excluding tert-OH is 1. The molecular weight excluding hydrogens is 123 g/mol. The SMILES string of the molecule is CC(C)C(O)OCCF. The third-order valence-corrected chi connectivity index (χ3v) is 0.936. The van der Waals surface area contributed by atoms with Gasteiger partial charge in [0.1, 0.15) is 6.67 Å². The highest BCUT2D eigenvalue weighted by Gasteiger charge is 2.07. The summed E-state index contributed by atoms with van der Waals surface area (Å²) in [5, 5.41) is 8.87. The topological polar surface area (TPSA) is 29.5 Å². The number of rotatable bonds is 4. The van der Waals surface area contributed by atoms with Crippen LogP contribution in [0, 0.1) is 5.92 Å². The molecule has 0 saturated heterocycles. The van der Waals surface area contributed by atoms with Crippen molar-refractivity contribution in [1.29, 1.82) is 0 Å². The average Bonchev–Trinajstić information content (AvgIpc) is 1.82. The Labute approximate surface area is 54.6 Å². The Morgan fingerprint density at radius 1 is 1.56 bits per heavy atom. The zero-order valence-corrected chi connectivity index (χ0v) is 5.80. The lowest BCUT2D eigenvalue weighted by Gasteiger charge is -2.13. The van der Waals surface area contributed by atoms with Crippen LogP contribution >= 0.6 is 0 Å². The lowest BCUT2D eigenvalue weighted by molar-refractivity contribution is -0.128. The first kappa shape index (κ1) is 8.85. The van der Waals surface area contributed by atoms with Gasteiger partial charge in [-0.1, -0.05) is 13.8 Å². The Balaban J connectivity index is 3.16. The van der Waals surface area contributed by atoms with Gasteiger partial charge in [-0.3, -0.25) is 0 Å². The molecule has 0 aliphatic rings. The second-order valence-electron chi connectivity index (χ2n) is 2.19. The Morgan fingerprint density at radius 2 is 2.11 bits per heavy atom. The maximum atomic E-state index is 11.4. The summed E-state index contributed by atoms with van der Waals surface area (Å²) in [6, 6.07) is 0. The van der Waals surface area contributed by atoms with Crippen molar-refractivity contribution in [3.63, 3.8) is 0 Å². The number of hydrogen-bond acceptors (Lipinski definition) is 2. The van der Waals surface area contributed by atoms with Crippen LogP contribution in [0.25, 0.3) is 0 Å². The maximum absolute atomic E-state index is 11.4. The largest absolute Gasteiger partial charge is 0.368 e. The molecule has 0 spiro atoms. The van der Waals surface area contributed by atoms with Crippen molar-refractivity contribution in [3.8, 4) is 0 Å². The fourth-order valence-electron chi connectivity index (χ4n) is 0.358. The third kappa shape index (κ3) is 4.36. The Morgan fingerprint density at radius 3 is 2.44 bits per heavy atom. The summed E-state index contributed by atoms with van der Waals surface area (Å²) in [5.74, 6) is 0.0385. The molecule has 9 heavy (non-hydrogen) atoms. The number of ether oxygens (including phenoxy) is 1. The molecule has 0 radical (unpaired) electrons. The van der Waals surface area contributed by atoms with Crippen LogP contribution in [0.3, 0.4) is 0 Å².